The van der Waals surface area contributed by atoms with Gasteiger partial charge in [0.15, 0.2) is 5.69 Å². The van der Waals surface area contributed by atoms with Crippen molar-refractivity contribution in [1.29, 1.82) is 0 Å². The van der Waals surface area contributed by atoms with Crippen molar-refractivity contribution in [3.63, 3.8) is 0 Å². The largest absolute Gasteiger partial charge is 0.396 e. The summed E-state index contributed by atoms with van der Waals surface area (Å²) in [5.41, 5.74) is 6.63. The molecule has 1 saturated carbocycles. The molecule has 5 heteroatoms. The lowest BCUT2D eigenvalue weighted by Crippen LogP contribution is -2.37. The van der Waals surface area contributed by atoms with E-state index >= 15 is 0 Å². The van der Waals surface area contributed by atoms with Crippen molar-refractivity contribution in [1.82, 2.24) is 14.9 Å². The van der Waals surface area contributed by atoms with Crippen LogP contribution in [-0.4, -0.2) is 33.4 Å². The molecule has 20 heavy (non-hydrogen) atoms. The first-order valence-electron chi connectivity index (χ1n) is 7.33. The van der Waals surface area contributed by atoms with Crippen LogP contribution in [0.25, 0.3) is 0 Å². The highest BCUT2D eigenvalue weighted by atomic mass is 16.2. The van der Waals surface area contributed by atoms with Crippen LogP contribution in [0.2, 0.25) is 0 Å². The van der Waals surface area contributed by atoms with Gasteiger partial charge in [0.1, 0.15) is 5.82 Å². The first-order chi connectivity index (χ1) is 9.40. The maximum Gasteiger partial charge on any atom is 0.274 e. The Bertz CT molecular complexity index is 495. The topological polar surface area (TPSA) is 72.1 Å². The fourth-order valence-electron chi connectivity index (χ4n) is 2.17. The first-order valence-corrected chi connectivity index (χ1v) is 7.33. The Morgan fingerprint density at radius 3 is 2.55 bits per heavy atom. The van der Waals surface area contributed by atoms with Gasteiger partial charge < -0.3 is 10.6 Å². The standard InChI is InChI=1S/C15H24N4O/c1-9(2)8-19(11-5-6-11)15(20)13-12(16)7-17-14(18-13)10(3)4/h7,9-11H,5-6,8,16H2,1-4H3. The van der Waals surface area contributed by atoms with Gasteiger partial charge in [0, 0.05) is 18.5 Å². The molecular formula is C15H24N4O. The lowest BCUT2D eigenvalue weighted by molar-refractivity contribution is 0.0717. The number of hydrogen-bond acceptors (Lipinski definition) is 4. The minimum absolute atomic E-state index is 0.0528. The van der Waals surface area contributed by atoms with E-state index in [0.29, 0.717) is 29.2 Å². The van der Waals surface area contributed by atoms with Crippen molar-refractivity contribution in [2.45, 2.75) is 52.5 Å². The van der Waals surface area contributed by atoms with E-state index in [1.54, 1.807) is 6.20 Å². The summed E-state index contributed by atoms with van der Waals surface area (Å²) >= 11 is 0. The number of amides is 1. The van der Waals surface area contributed by atoms with Crippen molar-refractivity contribution in [2.75, 3.05) is 12.3 Å². The number of rotatable bonds is 5. The normalized spacial score (nSPS) is 14.9. The molecule has 1 fully saturated rings. The van der Waals surface area contributed by atoms with Crippen LogP contribution in [0.5, 0.6) is 0 Å². The molecule has 1 aliphatic rings. The Hall–Kier alpha value is -1.65. The maximum absolute atomic E-state index is 12.7. The molecular weight excluding hydrogens is 252 g/mol. The maximum atomic E-state index is 12.7. The van der Waals surface area contributed by atoms with Crippen LogP contribution >= 0.6 is 0 Å². The second-order valence-electron chi connectivity index (χ2n) is 6.27. The SMILES string of the molecule is CC(C)CN(C(=O)c1nc(C(C)C)ncc1N)C1CC1. The Morgan fingerprint density at radius 2 is 2.05 bits per heavy atom. The molecule has 1 aromatic rings. The molecule has 2 rings (SSSR count). The summed E-state index contributed by atoms with van der Waals surface area (Å²) in [7, 11) is 0. The Balaban J connectivity index is 2.28. The zero-order valence-electron chi connectivity index (χ0n) is 12.8. The molecule has 0 spiro atoms. The van der Waals surface area contributed by atoms with Gasteiger partial charge in [-0.05, 0) is 18.8 Å². The van der Waals surface area contributed by atoms with E-state index in [1.807, 2.05) is 18.7 Å². The summed E-state index contributed by atoms with van der Waals surface area (Å²) in [6.07, 6.45) is 3.72. The van der Waals surface area contributed by atoms with Crippen molar-refractivity contribution in [3.8, 4) is 0 Å². The Morgan fingerprint density at radius 1 is 1.40 bits per heavy atom. The minimum atomic E-state index is -0.0528. The van der Waals surface area contributed by atoms with Crippen LogP contribution in [-0.2, 0) is 0 Å². The number of nitrogen functional groups attached to an aromatic ring is 1. The van der Waals surface area contributed by atoms with Crippen LogP contribution in [0, 0.1) is 5.92 Å². The zero-order valence-corrected chi connectivity index (χ0v) is 12.8. The molecule has 2 N–H and O–H groups in total. The number of hydrogen-bond donors (Lipinski definition) is 1. The average Bonchev–Trinajstić information content (AvgIpc) is 3.19. The number of carbonyl (C=O) groups is 1. The zero-order chi connectivity index (χ0) is 14.9. The van der Waals surface area contributed by atoms with E-state index in [0.717, 1.165) is 19.4 Å². The van der Waals surface area contributed by atoms with Crippen molar-refractivity contribution in [3.05, 3.63) is 17.7 Å². The second-order valence-corrected chi connectivity index (χ2v) is 6.27. The number of nitrogens with zero attached hydrogens (tertiary/aromatic N) is 3. The van der Waals surface area contributed by atoms with Gasteiger partial charge in [0.05, 0.1) is 11.9 Å². The summed E-state index contributed by atoms with van der Waals surface area (Å²) in [4.78, 5) is 23.2. The molecule has 0 unspecified atom stereocenters. The molecule has 1 amide bonds. The monoisotopic (exact) mass is 276 g/mol. The van der Waals surface area contributed by atoms with E-state index in [2.05, 4.69) is 23.8 Å². The summed E-state index contributed by atoms with van der Waals surface area (Å²) < 4.78 is 0. The predicted molar refractivity (Wildman–Crippen MR) is 79.4 cm³/mol. The van der Waals surface area contributed by atoms with Gasteiger partial charge in [-0.15, -0.1) is 0 Å². The van der Waals surface area contributed by atoms with Crippen molar-refractivity contribution in [2.24, 2.45) is 5.92 Å². The Labute approximate surface area is 120 Å². The first kappa shape index (κ1) is 14.8. The summed E-state index contributed by atoms with van der Waals surface area (Å²) in [6, 6.07) is 0.363. The number of anilines is 1. The second kappa shape index (κ2) is 5.77. The summed E-state index contributed by atoms with van der Waals surface area (Å²) in [6.45, 7) is 9.00. The molecule has 0 bridgehead atoms. The number of aromatic nitrogens is 2. The van der Waals surface area contributed by atoms with Gasteiger partial charge in [-0.3, -0.25) is 4.79 Å². The highest BCUT2D eigenvalue weighted by molar-refractivity contribution is 5.97. The van der Waals surface area contributed by atoms with Crippen LogP contribution in [0.4, 0.5) is 5.69 Å². The van der Waals surface area contributed by atoms with E-state index < -0.39 is 0 Å². The van der Waals surface area contributed by atoms with Gasteiger partial charge in [-0.25, -0.2) is 9.97 Å². The molecule has 1 aromatic heterocycles. The molecule has 0 radical (unpaired) electrons. The van der Waals surface area contributed by atoms with Crippen LogP contribution in [0.1, 0.15) is 62.8 Å². The average molecular weight is 276 g/mol. The van der Waals surface area contributed by atoms with Crippen LogP contribution in [0.15, 0.2) is 6.20 Å². The van der Waals surface area contributed by atoms with E-state index in [1.165, 1.54) is 0 Å². The number of nitrogens with two attached hydrogens (primary N) is 1. The summed E-state index contributed by atoms with van der Waals surface area (Å²) in [5.74, 6) is 1.24. The van der Waals surface area contributed by atoms with Crippen molar-refractivity contribution >= 4 is 11.6 Å². The molecule has 1 aliphatic carbocycles. The molecule has 0 saturated heterocycles. The number of carbonyl (C=O) groups excluding carboxylic acids is 1. The van der Waals surface area contributed by atoms with Gasteiger partial charge in [-0.2, -0.15) is 0 Å². The van der Waals surface area contributed by atoms with Gasteiger partial charge >= 0.3 is 0 Å². The molecule has 110 valence electrons. The fraction of sp³-hybridized carbons (Fsp3) is 0.667. The predicted octanol–water partition coefficient (Wildman–Crippen LogP) is 2.44. The third-order valence-electron chi connectivity index (χ3n) is 3.37. The fourth-order valence-corrected chi connectivity index (χ4v) is 2.17. The van der Waals surface area contributed by atoms with Crippen LogP contribution in [0.3, 0.4) is 0 Å². The van der Waals surface area contributed by atoms with Gasteiger partial charge in [0.25, 0.3) is 5.91 Å². The highest BCUT2D eigenvalue weighted by Gasteiger charge is 2.34. The lowest BCUT2D eigenvalue weighted by Gasteiger charge is -2.24. The van der Waals surface area contributed by atoms with E-state index in [-0.39, 0.29) is 11.8 Å². The van der Waals surface area contributed by atoms with E-state index in [4.69, 9.17) is 5.73 Å². The molecule has 0 aliphatic heterocycles. The Kier molecular flexibility index (Phi) is 4.26. The third kappa shape index (κ3) is 3.26. The van der Waals surface area contributed by atoms with Gasteiger partial charge in [0.2, 0.25) is 0 Å². The van der Waals surface area contributed by atoms with Crippen molar-refractivity contribution < 1.29 is 4.79 Å². The molecule has 0 atom stereocenters. The highest BCUT2D eigenvalue weighted by Crippen LogP contribution is 2.29. The summed E-state index contributed by atoms with van der Waals surface area (Å²) in [5, 5.41) is 0. The van der Waals surface area contributed by atoms with Gasteiger partial charge in [-0.1, -0.05) is 27.7 Å². The lowest BCUT2D eigenvalue weighted by atomic mass is 10.1. The van der Waals surface area contributed by atoms with Crippen LogP contribution < -0.4 is 5.73 Å². The third-order valence-corrected chi connectivity index (χ3v) is 3.37. The minimum Gasteiger partial charge on any atom is -0.396 e. The molecule has 1 heterocycles. The quantitative estimate of drug-likeness (QED) is 0.896. The smallest absolute Gasteiger partial charge is 0.274 e. The molecule has 0 aromatic carbocycles. The van der Waals surface area contributed by atoms with E-state index in [9.17, 15) is 4.79 Å². The molecule has 5 nitrogen and oxygen atoms in total.